The van der Waals surface area contributed by atoms with Gasteiger partial charge in [0.15, 0.2) is 23.2 Å². The number of carbonyl (C=O) groups excluding carboxylic acids is 2. The van der Waals surface area contributed by atoms with Crippen LogP contribution in [0.3, 0.4) is 0 Å². The molecule has 6 rings (SSSR count). The van der Waals surface area contributed by atoms with Crippen molar-refractivity contribution in [2.45, 2.75) is 12.3 Å². The van der Waals surface area contributed by atoms with Crippen LogP contribution in [0.5, 0.6) is 11.5 Å². The minimum Gasteiger partial charge on any atom is -0.452 e. The van der Waals surface area contributed by atoms with Crippen molar-refractivity contribution >= 4 is 28.7 Å². The fraction of sp³-hybridized carbons (Fsp3) is 0.0741. The number of benzene rings is 3. The quantitative estimate of drug-likeness (QED) is 0.185. The number of H-pyrrole nitrogens is 1. The second-order valence-corrected chi connectivity index (χ2v) is 8.46. The number of hydrogen-bond donors (Lipinski definition) is 1. The van der Waals surface area contributed by atoms with Crippen LogP contribution in [0.4, 0.5) is 13.2 Å². The molecule has 0 radical (unpaired) electrons. The average Bonchev–Trinajstić information content (AvgIpc) is 3.16. The maximum absolute atomic E-state index is 13.7. The third kappa shape index (κ3) is 3.39. The number of aromatic amines is 1. The normalized spacial score (nSPS) is 17.6. The van der Waals surface area contributed by atoms with E-state index in [0.717, 1.165) is 23.6 Å². The van der Waals surface area contributed by atoms with Crippen LogP contribution in [0, 0.1) is 17.5 Å². The van der Waals surface area contributed by atoms with Gasteiger partial charge in [-0.1, -0.05) is 18.2 Å². The molecule has 1 atom stereocenters. The largest absolute Gasteiger partial charge is 0.452 e. The predicted molar refractivity (Wildman–Crippen MR) is 122 cm³/mol. The molecule has 4 aromatic rings. The number of para-hydroxylation sites is 1. The number of aromatic nitrogens is 1. The van der Waals surface area contributed by atoms with Crippen molar-refractivity contribution in [2.75, 3.05) is 0 Å². The number of esters is 1. The zero-order valence-electron chi connectivity index (χ0n) is 18.2. The smallest absolute Gasteiger partial charge is 0.312 e. The molecule has 0 fully saturated rings. The Kier molecular flexibility index (Phi) is 4.82. The van der Waals surface area contributed by atoms with E-state index in [1.807, 2.05) is 12.1 Å². The molecule has 0 saturated heterocycles. The van der Waals surface area contributed by atoms with Crippen molar-refractivity contribution in [2.24, 2.45) is 0 Å². The first-order valence-corrected chi connectivity index (χ1v) is 10.9. The Labute approximate surface area is 200 Å². The van der Waals surface area contributed by atoms with Crippen LogP contribution in [-0.2, 0) is 4.79 Å². The summed E-state index contributed by atoms with van der Waals surface area (Å²) in [6.45, 7) is 0. The van der Waals surface area contributed by atoms with Gasteiger partial charge in [-0.25, -0.2) is 13.2 Å². The Morgan fingerprint density at radius 2 is 1.67 bits per heavy atom. The summed E-state index contributed by atoms with van der Waals surface area (Å²) >= 11 is 0. The molecule has 1 N–H and O–H groups in total. The number of ketones is 1. The van der Waals surface area contributed by atoms with Crippen molar-refractivity contribution in [3.05, 3.63) is 110 Å². The highest BCUT2D eigenvalue weighted by molar-refractivity contribution is 6.15. The fourth-order valence-electron chi connectivity index (χ4n) is 4.60. The highest BCUT2D eigenvalue weighted by atomic mass is 19.2. The van der Waals surface area contributed by atoms with Gasteiger partial charge in [0.05, 0.1) is 12.0 Å². The van der Waals surface area contributed by atoms with Gasteiger partial charge in [0.1, 0.15) is 11.5 Å². The Morgan fingerprint density at radius 1 is 0.917 bits per heavy atom. The molecule has 2 aliphatic heterocycles. The lowest BCUT2D eigenvalue weighted by atomic mass is 9.85. The van der Waals surface area contributed by atoms with Crippen molar-refractivity contribution in [3.8, 4) is 11.5 Å². The molecule has 178 valence electrons. The Balaban J connectivity index is 1.49. The summed E-state index contributed by atoms with van der Waals surface area (Å²) < 4.78 is 51.9. The molecule has 3 heterocycles. The highest BCUT2D eigenvalue weighted by Crippen LogP contribution is 2.48. The molecule has 3 aromatic carbocycles. The maximum Gasteiger partial charge on any atom is 0.312 e. The van der Waals surface area contributed by atoms with E-state index in [-0.39, 0.29) is 40.4 Å². The fourth-order valence-corrected chi connectivity index (χ4v) is 4.60. The zero-order valence-corrected chi connectivity index (χ0v) is 18.2. The van der Waals surface area contributed by atoms with Crippen LogP contribution < -0.4 is 15.0 Å². The van der Waals surface area contributed by atoms with Gasteiger partial charge in [0, 0.05) is 22.6 Å². The first kappa shape index (κ1) is 21.8. The van der Waals surface area contributed by atoms with E-state index in [1.54, 1.807) is 18.2 Å². The predicted octanol–water partition coefficient (Wildman–Crippen LogP) is 5.00. The molecule has 9 heteroatoms. The van der Waals surface area contributed by atoms with E-state index in [2.05, 4.69) is 4.98 Å². The number of nitrogens with one attached hydrogen (secondary N) is 1. The number of fused-ring (bicyclic) bond motifs is 4. The molecule has 0 spiro atoms. The third-order valence-electron chi connectivity index (χ3n) is 6.24. The summed E-state index contributed by atoms with van der Waals surface area (Å²) in [6.07, 6.45) is 0.920. The third-order valence-corrected chi connectivity index (χ3v) is 6.24. The second kappa shape index (κ2) is 7.94. The summed E-state index contributed by atoms with van der Waals surface area (Å²) in [5, 5.41) is 0.748. The van der Waals surface area contributed by atoms with Crippen LogP contribution in [0.1, 0.15) is 39.4 Å². The van der Waals surface area contributed by atoms with Gasteiger partial charge in [0.2, 0.25) is 5.78 Å². The lowest BCUT2D eigenvalue weighted by Crippen LogP contribution is -2.26. The Morgan fingerprint density at radius 3 is 2.44 bits per heavy atom. The topological polar surface area (TPSA) is 85.5 Å². The maximum atomic E-state index is 13.7. The van der Waals surface area contributed by atoms with Crippen molar-refractivity contribution in [1.82, 2.24) is 4.98 Å². The van der Waals surface area contributed by atoms with Crippen molar-refractivity contribution < 1.29 is 32.2 Å². The highest BCUT2D eigenvalue weighted by Gasteiger charge is 2.39. The number of rotatable bonds is 2. The average molecular weight is 489 g/mol. The SMILES string of the molecule is O=C1C[C@H](c2cc3ccccc3[nH]c2=O)c2c(ccc3c2O/C(=C\c2cc(F)c(F)c(F)c2)C3=O)O1. The van der Waals surface area contributed by atoms with Gasteiger partial charge < -0.3 is 14.5 Å². The van der Waals surface area contributed by atoms with Crippen LogP contribution in [-0.4, -0.2) is 16.7 Å². The van der Waals surface area contributed by atoms with Crippen LogP contribution >= 0.6 is 0 Å². The summed E-state index contributed by atoms with van der Waals surface area (Å²) in [7, 11) is 0. The summed E-state index contributed by atoms with van der Waals surface area (Å²) in [5.74, 6) is -6.41. The van der Waals surface area contributed by atoms with Gasteiger partial charge in [-0.05, 0) is 53.4 Å². The minimum absolute atomic E-state index is 0.0804. The Hall–Kier alpha value is -4.66. The monoisotopic (exact) mass is 489 g/mol. The summed E-state index contributed by atoms with van der Waals surface area (Å²) in [6, 6.07) is 13.2. The van der Waals surface area contributed by atoms with Gasteiger partial charge in [-0.3, -0.25) is 14.4 Å². The van der Waals surface area contributed by atoms with E-state index in [1.165, 1.54) is 12.1 Å². The number of hydrogen-bond acceptors (Lipinski definition) is 5. The molecule has 2 aliphatic rings. The van der Waals surface area contributed by atoms with Crippen LogP contribution in [0.15, 0.2) is 65.2 Å². The number of halogens is 3. The van der Waals surface area contributed by atoms with Crippen molar-refractivity contribution in [1.29, 1.82) is 0 Å². The lowest BCUT2D eigenvalue weighted by molar-refractivity contribution is -0.135. The molecule has 1 aromatic heterocycles. The first-order chi connectivity index (χ1) is 17.3. The van der Waals surface area contributed by atoms with E-state index in [0.29, 0.717) is 11.1 Å². The second-order valence-electron chi connectivity index (χ2n) is 8.46. The molecule has 36 heavy (non-hydrogen) atoms. The molecule has 6 nitrogen and oxygen atoms in total. The van der Waals surface area contributed by atoms with Crippen LogP contribution in [0.25, 0.3) is 17.0 Å². The van der Waals surface area contributed by atoms with E-state index >= 15 is 0 Å². The van der Waals surface area contributed by atoms with Crippen molar-refractivity contribution in [3.63, 3.8) is 0 Å². The molecular formula is C27H14F3NO5. The van der Waals surface area contributed by atoms with Gasteiger partial charge >= 0.3 is 5.97 Å². The van der Waals surface area contributed by atoms with E-state index < -0.39 is 40.7 Å². The molecule has 0 bridgehead atoms. The standard InChI is InChI=1S/C27H14F3NO5/c28-17-7-12(8-18(29)24(17)30)9-21-25(33)14-5-6-20-23(26(14)36-21)15(11-22(32)35-20)16-10-13-3-1-2-4-19(13)31-27(16)34/h1-10,15H,11H2,(H,31,34)/b21-9-/t15-/m1/s1. The Bertz CT molecular complexity index is 1700. The van der Waals surface area contributed by atoms with Gasteiger partial charge in [-0.15, -0.1) is 0 Å². The lowest BCUT2D eigenvalue weighted by Gasteiger charge is -2.26. The summed E-state index contributed by atoms with van der Waals surface area (Å²) in [5.41, 5.74) is 0.846. The zero-order chi connectivity index (χ0) is 25.1. The van der Waals surface area contributed by atoms with E-state index in [4.69, 9.17) is 9.47 Å². The molecule has 0 aliphatic carbocycles. The van der Waals surface area contributed by atoms with Crippen LogP contribution in [0.2, 0.25) is 0 Å². The number of ether oxygens (including phenoxy) is 2. The first-order valence-electron chi connectivity index (χ1n) is 10.9. The summed E-state index contributed by atoms with van der Waals surface area (Å²) in [4.78, 5) is 41.2. The van der Waals surface area contributed by atoms with Gasteiger partial charge in [-0.2, -0.15) is 0 Å². The molecule has 0 unspecified atom stereocenters. The van der Waals surface area contributed by atoms with E-state index in [9.17, 15) is 27.6 Å². The number of pyridine rings is 1. The number of allylic oxidation sites excluding steroid dienone is 1. The number of carbonyl (C=O) groups is 2. The molecule has 0 amide bonds. The molecule has 0 saturated carbocycles. The minimum atomic E-state index is -1.63. The number of Topliss-reactive ketones (excluding diaryl/α,β-unsaturated/α-hetero) is 1. The molecular weight excluding hydrogens is 475 g/mol. The van der Waals surface area contributed by atoms with Gasteiger partial charge in [0.25, 0.3) is 5.56 Å².